The molecule has 4 nitrogen and oxygen atoms in total. The Hall–Kier alpha value is -1.27. The number of unbranched alkanes of at least 4 members (excludes halogenated alkanes) is 1. The summed E-state index contributed by atoms with van der Waals surface area (Å²) in [5.74, 6) is 1.44. The van der Waals surface area contributed by atoms with E-state index in [1.807, 2.05) is 43.3 Å². The molecule has 142 valence electrons. The molecule has 0 atom stereocenters. The molecule has 0 saturated heterocycles. The van der Waals surface area contributed by atoms with E-state index in [0.29, 0.717) is 24.0 Å². The topological polar surface area (TPSA) is 50.7 Å². The molecule has 2 rings (SSSR count). The normalized spacial score (nSPS) is 10.8. The van der Waals surface area contributed by atoms with Gasteiger partial charge in [0.15, 0.2) is 11.5 Å². The molecule has 0 aromatic heterocycles. The van der Waals surface area contributed by atoms with Crippen molar-refractivity contribution in [3.63, 3.8) is 0 Å². The van der Waals surface area contributed by atoms with Crippen molar-refractivity contribution >= 4 is 27.5 Å². The highest BCUT2D eigenvalue weighted by Crippen LogP contribution is 2.34. The van der Waals surface area contributed by atoms with Crippen molar-refractivity contribution in [2.45, 2.75) is 32.9 Å². The Morgan fingerprint density at radius 3 is 2.50 bits per heavy atom. The lowest BCUT2D eigenvalue weighted by molar-refractivity contribution is 0.269. The van der Waals surface area contributed by atoms with Gasteiger partial charge in [-0.1, -0.05) is 39.7 Å². The summed E-state index contributed by atoms with van der Waals surface area (Å²) < 4.78 is 12.7. The molecule has 26 heavy (non-hydrogen) atoms. The molecule has 0 amide bonds. The fourth-order valence-electron chi connectivity index (χ4n) is 2.42. The van der Waals surface area contributed by atoms with Crippen molar-refractivity contribution < 1.29 is 14.6 Å². The SMILES string of the molecule is CCOc1cc(CNCCCCO)c(Br)cc1OCc1ccc(Cl)cc1. The van der Waals surface area contributed by atoms with Crippen LogP contribution in [0.1, 0.15) is 30.9 Å². The predicted octanol–water partition coefficient (Wildman–Crippen LogP) is 4.94. The minimum absolute atomic E-state index is 0.236. The van der Waals surface area contributed by atoms with Gasteiger partial charge >= 0.3 is 0 Å². The highest BCUT2D eigenvalue weighted by Gasteiger charge is 2.11. The van der Waals surface area contributed by atoms with Crippen molar-refractivity contribution in [3.05, 3.63) is 57.0 Å². The van der Waals surface area contributed by atoms with Crippen LogP contribution in [0, 0.1) is 0 Å². The van der Waals surface area contributed by atoms with E-state index >= 15 is 0 Å². The second kappa shape index (κ2) is 11.4. The largest absolute Gasteiger partial charge is 0.490 e. The molecule has 0 fully saturated rings. The zero-order valence-electron chi connectivity index (χ0n) is 14.9. The molecular weight excluding hydrogens is 418 g/mol. The molecule has 0 unspecified atom stereocenters. The minimum atomic E-state index is 0.236. The van der Waals surface area contributed by atoms with Crippen molar-refractivity contribution in [2.24, 2.45) is 0 Å². The first kappa shape index (κ1) is 21.0. The zero-order valence-corrected chi connectivity index (χ0v) is 17.3. The van der Waals surface area contributed by atoms with Gasteiger partial charge in [-0.05, 0) is 61.7 Å². The van der Waals surface area contributed by atoms with Gasteiger partial charge in [0, 0.05) is 22.6 Å². The molecule has 0 radical (unpaired) electrons. The van der Waals surface area contributed by atoms with Crippen LogP contribution < -0.4 is 14.8 Å². The number of benzene rings is 2. The predicted molar refractivity (Wildman–Crippen MR) is 109 cm³/mol. The monoisotopic (exact) mass is 441 g/mol. The van der Waals surface area contributed by atoms with Gasteiger partial charge < -0.3 is 19.9 Å². The van der Waals surface area contributed by atoms with Gasteiger partial charge in [0.1, 0.15) is 6.61 Å². The lowest BCUT2D eigenvalue weighted by atomic mass is 10.2. The molecule has 2 N–H and O–H groups in total. The molecule has 0 spiro atoms. The molecule has 0 aliphatic heterocycles. The van der Waals surface area contributed by atoms with Crippen LogP contribution in [0.5, 0.6) is 11.5 Å². The number of rotatable bonds is 11. The van der Waals surface area contributed by atoms with Crippen molar-refractivity contribution in [2.75, 3.05) is 19.8 Å². The van der Waals surface area contributed by atoms with Gasteiger partial charge in [0.2, 0.25) is 0 Å². The molecule has 2 aromatic rings. The number of aliphatic hydroxyl groups is 1. The van der Waals surface area contributed by atoms with E-state index in [9.17, 15) is 0 Å². The van der Waals surface area contributed by atoms with Gasteiger partial charge in [-0.2, -0.15) is 0 Å². The van der Waals surface area contributed by atoms with Crippen LogP contribution in [0.2, 0.25) is 5.02 Å². The van der Waals surface area contributed by atoms with E-state index in [1.165, 1.54) is 0 Å². The summed E-state index contributed by atoms with van der Waals surface area (Å²) in [7, 11) is 0. The summed E-state index contributed by atoms with van der Waals surface area (Å²) in [6.45, 7) is 4.80. The van der Waals surface area contributed by atoms with E-state index < -0.39 is 0 Å². The summed E-state index contributed by atoms with van der Waals surface area (Å²) in [4.78, 5) is 0. The van der Waals surface area contributed by atoms with Crippen LogP contribution in [-0.2, 0) is 13.2 Å². The quantitative estimate of drug-likeness (QED) is 0.484. The van der Waals surface area contributed by atoms with Crippen LogP contribution in [-0.4, -0.2) is 24.9 Å². The lowest BCUT2D eigenvalue weighted by Gasteiger charge is -2.15. The van der Waals surface area contributed by atoms with Crippen LogP contribution >= 0.6 is 27.5 Å². The summed E-state index contributed by atoms with van der Waals surface area (Å²) in [6.07, 6.45) is 1.77. The number of aliphatic hydroxyl groups excluding tert-OH is 1. The van der Waals surface area contributed by atoms with Crippen LogP contribution in [0.3, 0.4) is 0 Å². The maximum absolute atomic E-state index is 8.83. The molecular formula is C20H25BrClNO3. The minimum Gasteiger partial charge on any atom is -0.490 e. The van der Waals surface area contributed by atoms with Crippen LogP contribution in [0.25, 0.3) is 0 Å². The lowest BCUT2D eigenvalue weighted by Crippen LogP contribution is -2.15. The molecule has 0 saturated carbocycles. The Morgan fingerprint density at radius 2 is 1.81 bits per heavy atom. The number of hydrogen-bond donors (Lipinski definition) is 2. The Labute approximate surface area is 168 Å². The Balaban J connectivity index is 2.03. The van der Waals surface area contributed by atoms with E-state index in [2.05, 4.69) is 21.2 Å². The second-order valence-corrected chi connectivity index (χ2v) is 7.14. The molecule has 0 aliphatic rings. The second-order valence-electron chi connectivity index (χ2n) is 5.85. The molecule has 0 aliphatic carbocycles. The number of nitrogens with one attached hydrogen (secondary N) is 1. The average molecular weight is 443 g/mol. The maximum atomic E-state index is 8.83. The summed E-state index contributed by atoms with van der Waals surface area (Å²) in [5, 5.41) is 12.9. The summed E-state index contributed by atoms with van der Waals surface area (Å²) >= 11 is 9.54. The van der Waals surface area contributed by atoms with Crippen molar-refractivity contribution in [3.8, 4) is 11.5 Å². The number of hydrogen-bond acceptors (Lipinski definition) is 4. The summed E-state index contributed by atoms with van der Waals surface area (Å²) in [6, 6.07) is 11.6. The number of ether oxygens (including phenoxy) is 2. The molecule has 0 heterocycles. The third-order valence-electron chi connectivity index (χ3n) is 3.80. The Morgan fingerprint density at radius 1 is 1.08 bits per heavy atom. The van der Waals surface area contributed by atoms with E-state index in [1.54, 1.807) is 0 Å². The van der Waals surface area contributed by atoms with Crippen LogP contribution in [0.15, 0.2) is 40.9 Å². The van der Waals surface area contributed by atoms with E-state index in [0.717, 1.165) is 47.3 Å². The number of halogens is 2. The maximum Gasteiger partial charge on any atom is 0.162 e. The molecule has 0 bridgehead atoms. The van der Waals surface area contributed by atoms with Crippen LogP contribution in [0.4, 0.5) is 0 Å². The van der Waals surface area contributed by atoms with Gasteiger partial charge in [0.05, 0.1) is 6.61 Å². The van der Waals surface area contributed by atoms with E-state index in [-0.39, 0.29) is 6.61 Å². The first-order chi connectivity index (χ1) is 12.6. The van der Waals surface area contributed by atoms with Gasteiger partial charge in [-0.3, -0.25) is 0 Å². The van der Waals surface area contributed by atoms with E-state index in [4.69, 9.17) is 26.2 Å². The third-order valence-corrected chi connectivity index (χ3v) is 4.79. The fraction of sp³-hybridized carbons (Fsp3) is 0.400. The van der Waals surface area contributed by atoms with Gasteiger partial charge in [-0.15, -0.1) is 0 Å². The highest BCUT2D eigenvalue weighted by molar-refractivity contribution is 9.10. The average Bonchev–Trinajstić information content (AvgIpc) is 2.64. The van der Waals surface area contributed by atoms with Crippen molar-refractivity contribution in [1.82, 2.24) is 5.32 Å². The molecule has 6 heteroatoms. The highest BCUT2D eigenvalue weighted by atomic mass is 79.9. The van der Waals surface area contributed by atoms with Gasteiger partial charge in [-0.25, -0.2) is 0 Å². The fourth-order valence-corrected chi connectivity index (χ4v) is 3.01. The standard InChI is InChI=1S/C20H25BrClNO3/c1-2-25-19-11-16(13-23-9-3-4-10-24)18(21)12-20(19)26-14-15-5-7-17(22)8-6-15/h5-8,11-12,23-24H,2-4,9-10,13-14H2,1H3. The summed E-state index contributed by atoms with van der Waals surface area (Å²) in [5.41, 5.74) is 2.15. The Kier molecular flexibility index (Phi) is 9.26. The molecule has 2 aromatic carbocycles. The smallest absolute Gasteiger partial charge is 0.162 e. The van der Waals surface area contributed by atoms with Crippen molar-refractivity contribution in [1.29, 1.82) is 0 Å². The zero-order chi connectivity index (χ0) is 18.8. The van der Waals surface area contributed by atoms with Gasteiger partial charge in [0.25, 0.3) is 0 Å². The Bertz CT molecular complexity index is 680. The third kappa shape index (κ3) is 6.80. The first-order valence-electron chi connectivity index (χ1n) is 8.78. The first-order valence-corrected chi connectivity index (χ1v) is 9.95.